The molecule has 1 aliphatic rings. The standard InChI is InChI=1S/C14H12F2N4O/c15-10-5-8-9-7-21-19-13(9)14(18-12(8)6-11(10)16)20-3-1-17-2-4-20/h5-7,17H,1-4H2. The van der Waals surface area contributed by atoms with E-state index in [-0.39, 0.29) is 0 Å². The molecule has 0 atom stereocenters. The molecule has 1 N–H and O–H groups in total. The summed E-state index contributed by atoms with van der Waals surface area (Å²) >= 11 is 0. The molecule has 3 aromatic rings. The zero-order chi connectivity index (χ0) is 14.4. The van der Waals surface area contributed by atoms with Crippen molar-refractivity contribution in [2.75, 3.05) is 31.1 Å². The highest BCUT2D eigenvalue weighted by molar-refractivity contribution is 6.08. The molecule has 21 heavy (non-hydrogen) atoms. The molecular formula is C14H12F2N4O. The van der Waals surface area contributed by atoms with Gasteiger partial charge in [-0.3, -0.25) is 0 Å². The molecule has 1 saturated heterocycles. The van der Waals surface area contributed by atoms with Gasteiger partial charge < -0.3 is 14.7 Å². The van der Waals surface area contributed by atoms with Crippen LogP contribution in [-0.2, 0) is 0 Å². The lowest BCUT2D eigenvalue weighted by Gasteiger charge is -2.28. The molecule has 0 amide bonds. The third-order valence-electron chi connectivity index (χ3n) is 3.75. The molecule has 3 heterocycles. The van der Waals surface area contributed by atoms with Crippen LogP contribution in [-0.4, -0.2) is 36.3 Å². The molecule has 0 aliphatic carbocycles. The highest BCUT2D eigenvalue weighted by Crippen LogP contribution is 2.31. The second-order valence-electron chi connectivity index (χ2n) is 5.03. The minimum absolute atomic E-state index is 0.401. The summed E-state index contributed by atoms with van der Waals surface area (Å²) < 4.78 is 32.0. The molecule has 1 fully saturated rings. The Kier molecular flexibility index (Phi) is 2.75. The molecule has 1 aliphatic heterocycles. The summed E-state index contributed by atoms with van der Waals surface area (Å²) in [6.07, 6.45) is 1.45. The average molecular weight is 290 g/mol. The van der Waals surface area contributed by atoms with E-state index in [1.165, 1.54) is 6.26 Å². The van der Waals surface area contributed by atoms with Gasteiger partial charge in [-0.25, -0.2) is 13.8 Å². The summed E-state index contributed by atoms with van der Waals surface area (Å²) in [5.41, 5.74) is 0.980. The lowest BCUT2D eigenvalue weighted by atomic mass is 10.1. The van der Waals surface area contributed by atoms with Gasteiger partial charge in [-0.1, -0.05) is 5.16 Å². The molecule has 0 unspecified atom stereocenters. The molecule has 0 bridgehead atoms. The lowest BCUT2D eigenvalue weighted by molar-refractivity contribution is 0.428. The zero-order valence-corrected chi connectivity index (χ0v) is 11.1. The van der Waals surface area contributed by atoms with E-state index in [4.69, 9.17) is 4.52 Å². The van der Waals surface area contributed by atoms with E-state index >= 15 is 0 Å². The van der Waals surface area contributed by atoms with Crippen molar-refractivity contribution in [3.05, 3.63) is 30.0 Å². The number of hydrogen-bond acceptors (Lipinski definition) is 5. The predicted molar refractivity (Wildman–Crippen MR) is 74.3 cm³/mol. The van der Waals surface area contributed by atoms with E-state index < -0.39 is 11.6 Å². The number of nitrogens with one attached hydrogen (secondary N) is 1. The molecule has 1 aromatic carbocycles. The highest BCUT2D eigenvalue weighted by atomic mass is 19.2. The average Bonchev–Trinajstić information content (AvgIpc) is 2.99. The summed E-state index contributed by atoms with van der Waals surface area (Å²) in [6, 6.07) is 2.25. The maximum atomic E-state index is 13.5. The third kappa shape index (κ3) is 1.92. The van der Waals surface area contributed by atoms with Gasteiger partial charge in [-0.05, 0) is 6.07 Å². The fourth-order valence-electron chi connectivity index (χ4n) is 2.70. The molecule has 0 spiro atoms. The van der Waals surface area contributed by atoms with E-state index in [0.29, 0.717) is 27.6 Å². The van der Waals surface area contributed by atoms with Gasteiger partial charge >= 0.3 is 0 Å². The smallest absolute Gasteiger partial charge is 0.161 e. The van der Waals surface area contributed by atoms with E-state index in [1.807, 2.05) is 0 Å². The fourth-order valence-corrected chi connectivity index (χ4v) is 2.70. The lowest BCUT2D eigenvalue weighted by Crippen LogP contribution is -2.44. The largest absolute Gasteiger partial charge is 0.363 e. The summed E-state index contributed by atoms with van der Waals surface area (Å²) in [7, 11) is 0. The van der Waals surface area contributed by atoms with Gasteiger partial charge in [-0.2, -0.15) is 0 Å². The van der Waals surface area contributed by atoms with E-state index in [0.717, 1.165) is 38.3 Å². The van der Waals surface area contributed by atoms with Crippen molar-refractivity contribution in [2.24, 2.45) is 0 Å². The van der Waals surface area contributed by atoms with Gasteiger partial charge in [0.05, 0.1) is 10.9 Å². The monoisotopic (exact) mass is 290 g/mol. The molecule has 0 radical (unpaired) electrons. The minimum Gasteiger partial charge on any atom is -0.363 e. The fraction of sp³-hybridized carbons (Fsp3) is 0.286. The number of anilines is 1. The Morgan fingerprint density at radius 2 is 1.86 bits per heavy atom. The van der Waals surface area contributed by atoms with Crippen LogP contribution in [0, 0.1) is 11.6 Å². The predicted octanol–water partition coefficient (Wildman–Crippen LogP) is 2.06. The summed E-state index contributed by atoms with van der Waals surface area (Å²) in [6.45, 7) is 3.25. The summed E-state index contributed by atoms with van der Waals surface area (Å²) in [5.74, 6) is -1.16. The summed E-state index contributed by atoms with van der Waals surface area (Å²) in [4.78, 5) is 6.54. The molecular weight excluding hydrogens is 278 g/mol. The first-order chi connectivity index (χ1) is 10.2. The third-order valence-corrected chi connectivity index (χ3v) is 3.75. The quantitative estimate of drug-likeness (QED) is 0.743. The van der Waals surface area contributed by atoms with Crippen LogP contribution >= 0.6 is 0 Å². The van der Waals surface area contributed by atoms with Crippen LogP contribution in [0.5, 0.6) is 0 Å². The number of nitrogens with zero attached hydrogens (tertiary/aromatic N) is 3. The Labute approximate surface area is 118 Å². The maximum absolute atomic E-state index is 13.5. The Morgan fingerprint density at radius 3 is 2.67 bits per heavy atom. The number of aromatic nitrogens is 2. The van der Waals surface area contributed by atoms with Crippen molar-refractivity contribution in [3.63, 3.8) is 0 Å². The Hall–Kier alpha value is -2.28. The zero-order valence-electron chi connectivity index (χ0n) is 11.1. The van der Waals surface area contributed by atoms with Crippen LogP contribution in [0.1, 0.15) is 0 Å². The van der Waals surface area contributed by atoms with Gasteiger partial charge in [0.2, 0.25) is 0 Å². The van der Waals surface area contributed by atoms with Gasteiger partial charge in [0, 0.05) is 37.6 Å². The van der Waals surface area contributed by atoms with Crippen molar-refractivity contribution in [1.29, 1.82) is 0 Å². The van der Waals surface area contributed by atoms with Crippen LogP contribution in [0.3, 0.4) is 0 Å². The minimum atomic E-state index is -0.905. The number of benzene rings is 1. The number of fused-ring (bicyclic) bond motifs is 3. The second kappa shape index (κ2) is 4.63. The van der Waals surface area contributed by atoms with Crippen molar-refractivity contribution in [1.82, 2.24) is 15.5 Å². The molecule has 7 heteroatoms. The van der Waals surface area contributed by atoms with Crippen molar-refractivity contribution in [3.8, 4) is 0 Å². The van der Waals surface area contributed by atoms with E-state index in [9.17, 15) is 8.78 Å². The Bertz CT molecular complexity index is 827. The second-order valence-corrected chi connectivity index (χ2v) is 5.03. The van der Waals surface area contributed by atoms with Gasteiger partial charge in [0.15, 0.2) is 23.0 Å². The van der Waals surface area contributed by atoms with Gasteiger partial charge in [-0.15, -0.1) is 0 Å². The van der Waals surface area contributed by atoms with Gasteiger partial charge in [0.1, 0.15) is 6.26 Å². The number of hydrogen-bond donors (Lipinski definition) is 1. The van der Waals surface area contributed by atoms with Crippen LogP contribution in [0.2, 0.25) is 0 Å². The molecule has 4 rings (SSSR count). The van der Waals surface area contributed by atoms with Crippen molar-refractivity contribution >= 4 is 27.6 Å². The SMILES string of the molecule is Fc1cc2nc(N3CCNCC3)c3nocc3c2cc1F. The number of pyridine rings is 1. The highest BCUT2D eigenvalue weighted by Gasteiger charge is 2.20. The summed E-state index contributed by atoms with van der Waals surface area (Å²) in [5, 5.41) is 8.39. The number of rotatable bonds is 1. The Balaban J connectivity index is 2.00. The molecule has 0 saturated carbocycles. The van der Waals surface area contributed by atoms with Crippen molar-refractivity contribution < 1.29 is 13.3 Å². The number of piperazine rings is 1. The first-order valence-corrected chi connectivity index (χ1v) is 6.72. The van der Waals surface area contributed by atoms with E-state index in [1.54, 1.807) is 0 Å². The molecule has 2 aromatic heterocycles. The van der Waals surface area contributed by atoms with E-state index in [2.05, 4.69) is 20.4 Å². The molecule has 108 valence electrons. The Morgan fingerprint density at radius 1 is 1.10 bits per heavy atom. The number of halogens is 2. The van der Waals surface area contributed by atoms with Crippen LogP contribution in [0.15, 0.2) is 22.9 Å². The van der Waals surface area contributed by atoms with Gasteiger partial charge in [0.25, 0.3) is 0 Å². The molecule has 5 nitrogen and oxygen atoms in total. The maximum Gasteiger partial charge on any atom is 0.161 e. The first kappa shape index (κ1) is 12.5. The first-order valence-electron chi connectivity index (χ1n) is 6.72. The topological polar surface area (TPSA) is 54.2 Å². The van der Waals surface area contributed by atoms with Crippen LogP contribution in [0.4, 0.5) is 14.6 Å². The normalized spacial score (nSPS) is 16.0. The van der Waals surface area contributed by atoms with Crippen LogP contribution < -0.4 is 10.2 Å². The van der Waals surface area contributed by atoms with Crippen molar-refractivity contribution in [2.45, 2.75) is 0 Å². The van der Waals surface area contributed by atoms with Crippen LogP contribution in [0.25, 0.3) is 21.8 Å².